The number of Topliss-reactive ketones (excluding diaryl/α,β-unsaturated/α-hetero) is 1. The second-order valence-corrected chi connectivity index (χ2v) is 3.67. The Bertz CT molecular complexity index is 337. The molecule has 0 unspecified atom stereocenters. The zero-order valence-corrected chi connectivity index (χ0v) is 9.52. The molecule has 2 amide bonds. The Morgan fingerprint density at radius 1 is 1.29 bits per heavy atom. The molecule has 0 bridgehead atoms. The fourth-order valence-corrected chi connectivity index (χ4v) is 1.26. The average molecular weight is 242 g/mol. The Kier molecular flexibility index (Phi) is 4.77. The van der Waals surface area contributed by atoms with E-state index in [1.165, 1.54) is 6.92 Å². The van der Waals surface area contributed by atoms with Crippen molar-refractivity contribution in [1.82, 2.24) is 10.4 Å². The Balaban J connectivity index is 2.23. The Hall–Kier alpha value is -1.76. The number of ketones is 1. The maximum absolute atomic E-state index is 11.2. The van der Waals surface area contributed by atoms with E-state index in [0.29, 0.717) is 5.06 Å². The van der Waals surface area contributed by atoms with Crippen LogP contribution in [-0.2, 0) is 24.0 Å². The molecule has 0 aromatic heterocycles. The third-order valence-electron chi connectivity index (χ3n) is 2.08. The third kappa shape index (κ3) is 4.31. The number of carbonyl (C=O) groups is 4. The molecule has 7 heteroatoms. The summed E-state index contributed by atoms with van der Waals surface area (Å²) in [5, 5.41) is 3.23. The molecule has 0 saturated carbocycles. The monoisotopic (exact) mass is 242 g/mol. The van der Waals surface area contributed by atoms with Gasteiger partial charge in [0, 0.05) is 19.4 Å². The highest BCUT2D eigenvalue weighted by Crippen LogP contribution is 2.12. The highest BCUT2D eigenvalue weighted by Gasteiger charge is 2.32. The summed E-state index contributed by atoms with van der Waals surface area (Å²) in [6.45, 7) is 1.86. The molecule has 1 N–H and O–H groups in total. The molecular formula is C10H14N2O5. The quantitative estimate of drug-likeness (QED) is 0.482. The molecule has 0 aromatic rings. The lowest BCUT2D eigenvalue weighted by molar-refractivity contribution is -0.197. The summed E-state index contributed by atoms with van der Waals surface area (Å²) in [6.07, 6.45) is 0.147. The largest absolute Gasteiger partial charge is 0.334 e. The van der Waals surface area contributed by atoms with Crippen LogP contribution < -0.4 is 5.32 Å². The number of hydroxylamine groups is 2. The zero-order chi connectivity index (χ0) is 12.8. The van der Waals surface area contributed by atoms with Gasteiger partial charge in [-0.25, -0.2) is 4.79 Å². The first-order valence-electron chi connectivity index (χ1n) is 5.27. The van der Waals surface area contributed by atoms with E-state index in [9.17, 15) is 19.2 Å². The summed E-state index contributed by atoms with van der Waals surface area (Å²) in [7, 11) is 0. The Morgan fingerprint density at radius 3 is 2.41 bits per heavy atom. The van der Waals surface area contributed by atoms with E-state index in [0.717, 1.165) is 0 Å². The highest BCUT2D eigenvalue weighted by molar-refractivity contribution is 6.01. The van der Waals surface area contributed by atoms with Crippen molar-refractivity contribution in [3.63, 3.8) is 0 Å². The second kappa shape index (κ2) is 6.09. The van der Waals surface area contributed by atoms with Crippen LogP contribution in [-0.4, -0.2) is 41.7 Å². The van der Waals surface area contributed by atoms with Crippen molar-refractivity contribution >= 4 is 23.6 Å². The van der Waals surface area contributed by atoms with E-state index < -0.39 is 17.8 Å². The van der Waals surface area contributed by atoms with Crippen LogP contribution in [0.2, 0.25) is 0 Å². The molecule has 0 radical (unpaired) electrons. The first-order chi connectivity index (χ1) is 8.00. The summed E-state index contributed by atoms with van der Waals surface area (Å²) < 4.78 is 0. The number of hydrogen-bond acceptors (Lipinski definition) is 6. The van der Waals surface area contributed by atoms with Gasteiger partial charge in [-0.1, -0.05) is 0 Å². The number of nitrogens with one attached hydrogen (secondary N) is 1. The van der Waals surface area contributed by atoms with Gasteiger partial charge in [0.25, 0.3) is 11.8 Å². The van der Waals surface area contributed by atoms with Gasteiger partial charge in [-0.2, -0.15) is 0 Å². The van der Waals surface area contributed by atoms with Crippen LogP contribution in [0.1, 0.15) is 26.2 Å². The fourth-order valence-electron chi connectivity index (χ4n) is 1.26. The SMILES string of the molecule is CC(=O)CNCCC(=O)ON1C(=O)CCC1=O. The molecular weight excluding hydrogens is 228 g/mol. The molecule has 0 aromatic carbocycles. The third-order valence-corrected chi connectivity index (χ3v) is 2.08. The van der Waals surface area contributed by atoms with Crippen molar-refractivity contribution in [3.05, 3.63) is 0 Å². The first kappa shape index (κ1) is 13.3. The van der Waals surface area contributed by atoms with E-state index in [-0.39, 0.29) is 38.1 Å². The van der Waals surface area contributed by atoms with Crippen LogP contribution >= 0.6 is 0 Å². The lowest BCUT2D eigenvalue weighted by atomic mass is 10.4. The number of imide groups is 1. The molecule has 1 heterocycles. The van der Waals surface area contributed by atoms with Gasteiger partial charge in [0.15, 0.2) is 0 Å². The van der Waals surface area contributed by atoms with Gasteiger partial charge in [0.2, 0.25) is 0 Å². The van der Waals surface area contributed by atoms with Crippen molar-refractivity contribution in [2.45, 2.75) is 26.2 Å². The minimum Gasteiger partial charge on any atom is -0.330 e. The fraction of sp³-hybridized carbons (Fsp3) is 0.600. The van der Waals surface area contributed by atoms with Crippen LogP contribution in [0.3, 0.4) is 0 Å². The summed E-state index contributed by atoms with van der Waals surface area (Å²) in [5.41, 5.74) is 0. The first-order valence-corrected chi connectivity index (χ1v) is 5.27. The molecule has 0 atom stereocenters. The standard InChI is InChI=1S/C10H14N2O5/c1-7(13)6-11-5-4-10(16)17-12-8(14)2-3-9(12)15/h11H,2-6H2,1H3. The Morgan fingerprint density at radius 2 is 1.88 bits per heavy atom. The number of nitrogens with zero attached hydrogens (tertiary/aromatic N) is 1. The number of rotatable bonds is 6. The summed E-state index contributed by atoms with van der Waals surface area (Å²) in [6, 6.07) is 0. The smallest absolute Gasteiger partial charge is 0.330 e. The molecule has 1 rings (SSSR count). The predicted octanol–water partition coefficient (Wildman–Crippen LogP) is -0.838. The molecule has 94 valence electrons. The van der Waals surface area contributed by atoms with Crippen molar-refractivity contribution in [2.24, 2.45) is 0 Å². The van der Waals surface area contributed by atoms with Crippen molar-refractivity contribution in [1.29, 1.82) is 0 Å². The molecule has 1 saturated heterocycles. The van der Waals surface area contributed by atoms with E-state index in [4.69, 9.17) is 0 Å². The summed E-state index contributed by atoms with van der Waals surface area (Å²) in [4.78, 5) is 48.6. The van der Waals surface area contributed by atoms with E-state index in [2.05, 4.69) is 10.2 Å². The Labute approximate surface area is 98.0 Å². The molecule has 0 aliphatic carbocycles. The van der Waals surface area contributed by atoms with Gasteiger partial charge >= 0.3 is 5.97 Å². The lowest BCUT2D eigenvalue weighted by Crippen LogP contribution is -2.33. The van der Waals surface area contributed by atoms with Crippen LogP contribution in [0, 0.1) is 0 Å². The minimum atomic E-state index is -0.676. The van der Waals surface area contributed by atoms with E-state index >= 15 is 0 Å². The van der Waals surface area contributed by atoms with Crippen molar-refractivity contribution in [2.75, 3.05) is 13.1 Å². The summed E-state index contributed by atoms with van der Waals surface area (Å²) >= 11 is 0. The highest BCUT2D eigenvalue weighted by atomic mass is 16.7. The number of hydrogen-bond donors (Lipinski definition) is 1. The van der Waals surface area contributed by atoms with E-state index in [1.807, 2.05) is 0 Å². The predicted molar refractivity (Wildman–Crippen MR) is 55.3 cm³/mol. The van der Waals surface area contributed by atoms with Gasteiger partial charge in [0.1, 0.15) is 5.78 Å². The zero-order valence-electron chi connectivity index (χ0n) is 9.52. The van der Waals surface area contributed by atoms with Gasteiger partial charge in [-0.3, -0.25) is 14.4 Å². The summed E-state index contributed by atoms with van der Waals surface area (Å²) in [5.74, 6) is -1.71. The van der Waals surface area contributed by atoms with Gasteiger partial charge in [-0.05, 0) is 6.92 Å². The minimum absolute atomic E-state index is 0.00958. The topological polar surface area (TPSA) is 92.8 Å². The van der Waals surface area contributed by atoms with E-state index in [1.54, 1.807) is 0 Å². The second-order valence-electron chi connectivity index (χ2n) is 3.67. The molecule has 7 nitrogen and oxygen atoms in total. The number of amides is 2. The maximum Gasteiger partial charge on any atom is 0.334 e. The molecule has 1 aliphatic heterocycles. The van der Waals surface area contributed by atoms with Crippen molar-refractivity contribution in [3.8, 4) is 0 Å². The average Bonchev–Trinajstić information content (AvgIpc) is 2.56. The van der Waals surface area contributed by atoms with Gasteiger partial charge in [0.05, 0.1) is 13.0 Å². The van der Waals surface area contributed by atoms with Gasteiger partial charge < -0.3 is 10.2 Å². The number of carbonyl (C=O) groups excluding carboxylic acids is 4. The van der Waals surface area contributed by atoms with Crippen LogP contribution in [0.5, 0.6) is 0 Å². The molecule has 0 spiro atoms. The normalized spacial score (nSPS) is 15.2. The lowest BCUT2D eigenvalue weighted by Gasteiger charge is -2.12. The van der Waals surface area contributed by atoms with Crippen molar-refractivity contribution < 1.29 is 24.0 Å². The van der Waals surface area contributed by atoms with Crippen LogP contribution in [0.15, 0.2) is 0 Å². The molecule has 17 heavy (non-hydrogen) atoms. The molecule has 1 fully saturated rings. The van der Waals surface area contributed by atoms with Crippen LogP contribution in [0.25, 0.3) is 0 Å². The van der Waals surface area contributed by atoms with Gasteiger partial charge in [-0.15, -0.1) is 5.06 Å². The molecule has 1 aliphatic rings. The maximum atomic E-state index is 11.2. The van der Waals surface area contributed by atoms with Crippen LogP contribution in [0.4, 0.5) is 0 Å².